The quantitative estimate of drug-likeness (QED) is 0.446. The minimum Gasteiger partial charge on any atom is -0.370 e. The average molecular weight is 421 g/mol. The topological polar surface area (TPSA) is 67.5 Å². The Kier molecular flexibility index (Phi) is 6.65. The Labute approximate surface area is 146 Å². The third-order valence-electron chi connectivity index (χ3n) is 3.91. The van der Waals surface area contributed by atoms with Gasteiger partial charge in [0.25, 0.3) is 0 Å². The third-order valence-corrected chi connectivity index (χ3v) is 5.66. The lowest BCUT2D eigenvalue weighted by Gasteiger charge is -2.38. The highest BCUT2D eigenvalue weighted by Crippen LogP contribution is 2.37. The van der Waals surface area contributed by atoms with Crippen LogP contribution in [0.15, 0.2) is 23.2 Å². The van der Waals surface area contributed by atoms with E-state index in [1.54, 1.807) is 6.26 Å². The molecule has 1 aromatic rings. The van der Waals surface area contributed by atoms with Crippen molar-refractivity contribution in [2.24, 2.45) is 10.7 Å². The molecule has 4 nitrogen and oxygen atoms in total. The second-order valence-corrected chi connectivity index (χ2v) is 7.47. The smallest absolute Gasteiger partial charge is 0.193 e. The predicted octanol–water partition coefficient (Wildman–Crippen LogP) is 2.95. The van der Waals surface area contributed by atoms with E-state index in [1.165, 1.54) is 11.1 Å². The second-order valence-electron chi connectivity index (χ2n) is 5.69. The van der Waals surface area contributed by atoms with Crippen molar-refractivity contribution in [1.82, 2.24) is 0 Å². The second kappa shape index (κ2) is 7.58. The van der Waals surface area contributed by atoms with E-state index in [0.29, 0.717) is 12.5 Å². The molecule has 1 aliphatic carbocycles. The molecule has 1 unspecified atom stereocenters. The van der Waals surface area contributed by atoms with Gasteiger partial charge < -0.3 is 11.1 Å². The van der Waals surface area contributed by atoms with Crippen LogP contribution < -0.4 is 11.1 Å². The van der Waals surface area contributed by atoms with Crippen molar-refractivity contribution >= 4 is 46.4 Å². The number of guanidine groups is 1. The number of aliphatic imine (C=N–C) groups is 1. The first-order chi connectivity index (χ1) is 9.41. The van der Waals surface area contributed by atoms with Crippen molar-refractivity contribution in [2.75, 3.05) is 18.1 Å². The molecule has 1 atom stereocenters. The van der Waals surface area contributed by atoms with Crippen molar-refractivity contribution in [3.05, 3.63) is 29.3 Å². The van der Waals surface area contributed by atoms with E-state index in [4.69, 9.17) is 5.73 Å². The number of aryl methyl sites for hydroxylation is 2. The molecule has 0 heterocycles. The molecular formula is C15H24IN3OS. The van der Waals surface area contributed by atoms with Crippen LogP contribution in [0.4, 0.5) is 5.69 Å². The number of nitrogens with two attached hydrogens (primary N) is 1. The molecule has 118 valence electrons. The first kappa shape index (κ1) is 18.4. The number of nitrogens with zero attached hydrogens (tertiary/aromatic N) is 1. The Morgan fingerprint density at radius 2 is 1.90 bits per heavy atom. The predicted molar refractivity (Wildman–Crippen MR) is 102 cm³/mol. The van der Waals surface area contributed by atoms with Gasteiger partial charge >= 0.3 is 0 Å². The molecule has 0 bridgehead atoms. The summed E-state index contributed by atoms with van der Waals surface area (Å²) in [5.41, 5.74) is 9.25. The zero-order valence-electron chi connectivity index (χ0n) is 12.8. The van der Waals surface area contributed by atoms with Crippen LogP contribution in [0, 0.1) is 13.8 Å². The van der Waals surface area contributed by atoms with Gasteiger partial charge in [-0.05, 0) is 49.9 Å². The Morgan fingerprint density at radius 1 is 1.33 bits per heavy atom. The van der Waals surface area contributed by atoms with Crippen LogP contribution in [0.1, 0.15) is 30.4 Å². The lowest BCUT2D eigenvalue weighted by atomic mass is 9.84. The fourth-order valence-electron chi connectivity index (χ4n) is 2.57. The van der Waals surface area contributed by atoms with E-state index in [-0.39, 0.29) is 28.7 Å². The van der Waals surface area contributed by atoms with Gasteiger partial charge in [-0.2, -0.15) is 0 Å². The maximum Gasteiger partial charge on any atom is 0.193 e. The third kappa shape index (κ3) is 4.67. The van der Waals surface area contributed by atoms with Crippen LogP contribution in [0.3, 0.4) is 0 Å². The fourth-order valence-corrected chi connectivity index (χ4v) is 3.68. The van der Waals surface area contributed by atoms with Gasteiger partial charge in [-0.15, -0.1) is 24.0 Å². The zero-order chi connectivity index (χ0) is 14.8. The van der Waals surface area contributed by atoms with Crippen LogP contribution in [0.5, 0.6) is 0 Å². The molecule has 3 N–H and O–H groups in total. The molecule has 2 rings (SSSR count). The molecule has 1 saturated carbocycles. The van der Waals surface area contributed by atoms with Gasteiger partial charge in [-0.1, -0.05) is 12.5 Å². The molecule has 0 amide bonds. The summed E-state index contributed by atoms with van der Waals surface area (Å²) in [5, 5.41) is 3.11. The summed E-state index contributed by atoms with van der Waals surface area (Å²) in [5.74, 6) is 0.395. The average Bonchev–Trinajstić information content (AvgIpc) is 2.25. The lowest BCUT2D eigenvalue weighted by molar-refractivity contribution is 0.361. The van der Waals surface area contributed by atoms with Crippen LogP contribution >= 0.6 is 24.0 Å². The summed E-state index contributed by atoms with van der Waals surface area (Å²) in [6.45, 7) is 4.64. The van der Waals surface area contributed by atoms with Crippen LogP contribution in [0.25, 0.3) is 0 Å². The molecule has 0 aromatic heterocycles. The molecule has 1 fully saturated rings. The van der Waals surface area contributed by atoms with Gasteiger partial charge in [0, 0.05) is 22.7 Å². The van der Waals surface area contributed by atoms with Gasteiger partial charge in [0.15, 0.2) is 5.96 Å². The largest absolute Gasteiger partial charge is 0.370 e. The minimum atomic E-state index is -0.843. The molecular weight excluding hydrogens is 397 g/mol. The van der Waals surface area contributed by atoms with E-state index in [0.717, 1.165) is 24.9 Å². The van der Waals surface area contributed by atoms with E-state index < -0.39 is 10.8 Å². The van der Waals surface area contributed by atoms with Crippen LogP contribution in [-0.2, 0) is 10.8 Å². The number of halogens is 1. The molecule has 0 saturated heterocycles. The van der Waals surface area contributed by atoms with E-state index in [1.807, 2.05) is 12.1 Å². The number of hydrogen-bond donors (Lipinski definition) is 2. The number of benzene rings is 1. The van der Waals surface area contributed by atoms with E-state index >= 15 is 0 Å². The van der Waals surface area contributed by atoms with Crippen molar-refractivity contribution < 1.29 is 4.21 Å². The Morgan fingerprint density at radius 3 is 2.33 bits per heavy atom. The highest BCUT2D eigenvalue weighted by Gasteiger charge is 2.40. The number of nitrogens with one attached hydrogen (secondary N) is 1. The summed E-state index contributed by atoms with van der Waals surface area (Å²) in [6.07, 6.45) is 4.87. The van der Waals surface area contributed by atoms with Crippen molar-refractivity contribution in [3.8, 4) is 0 Å². The molecule has 0 aliphatic heterocycles. The lowest BCUT2D eigenvalue weighted by Crippen LogP contribution is -2.44. The molecule has 1 aliphatic rings. The van der Waals surface area contributed by atoms with E-state index in [2.05, 4.69) is 30.2 Å². The highest BCUT2D eigenvalue weighted by atomic mass is 127. The van der Waals surface area contributed by atoms with Gasteiger partial charge in [0.2, 0.25) is 0 Å². The van der Waals surface area contributed by atoms with Crippen LogP contribution in [0.2, 0.25) is 0 Å². The number of hydrogen-bond acceptors (Lipinski definition) is 2. The summed E-state index contributed by atoms with van der Waals surface area (Å²) in [6, 6.07) is 6.18. The Hall–Kier alpha value is -0.630. The fraction of sp³-hybridized carbons (Fsp3) is 0.533. The molecule has 0 radical (unpaired) electrons. The summed E-state index contributed by atoms with van der Waals surface area (Å²) in [7, 11) is -0.843. The van der Waals surface area contributed by atoms with Crippen LogP contribution in [-0.4, -0.2) is 27.7 Å². The van der Waals surface area contributed by atoms with E-state index in [9.17, 15) is 4.21 Å². The minimum absolute atomic E-state index is 0. The maximum atomic E-state index is 11.8. The monoisotopic (exact) mass is 421 g/mol. The SMILES string of the molecule is Cc1cc(C)cc(NC(N)=NCC2(S(C)=O)CCC2)c1.I. The Balaban J connectivity index is 0.00000220. The zero-order valence-corrected chi connectivity index (χ0v) is 16.0. The first-order valence-corrected chi connectivity index (χ1v) is 8.46. The van der Waals surface area contributed by atoms with Gasteiger partial charge in [-0.3, -0.25) is 9.20 Å². The number of rotatable bonds is 4. The van der Waals surface area contributed by atoms with Crippen molar-refractivity contribution in [1.29, 1.82) is 0 Å². The highest BCUT2D eigenvalue weighted by molar-refractivity contribution is 14.0. The van der Waals surface area contributed by atoms with Crippen molar-refractivity contribution in [3.63, 3.8) is 0 Å². The summed E-state index contributed by atoms with van der Waals surface area (Å²) < 4.78 is 11.6. The molecule has 1 aromatic carbocycles. The molecule has 21 heavy (non-hydrogen) atoms. The number of anilines is 1. The Bertz CT molecular complexity index is 536. The molecule has 6 heteroatoms. The maximum absolute atomic E-state index is 11.8. The van der Waals surface area contributed by atoms with Gasteiger partial charge in [0.1, 0.15) is 0 Å². The van der Waals surface area contributed by atoms with Crippen molar-refractivity contribution in [2.45, 2.75) is 37.9 Å². The summed E-state index contributed by atoms with van der Waals surface area (Å²) >= 11 is 0. The normalized spacial score (nSPS) is 18.3. The standard InChI is InChI=1S/C15H23N3OS.HI/c1-11-7-12(2)9-13(8-11)18-14(16)17-10-15(20(3)19)5-4-6-15;/h7-9H,4-6,10H2,1-3H3,(H3,16,17,18);1H. The van der Waals surface area contributed by atoms with Gasteiger partial charge in [0.05, 0.1) is 11.3 Å². The van der Waals surface area contributed by atoms with Gasteiger partial charge in [-0.25, -0.2) is 0 Å². The summed E-state index contributed by atoms with van der Waals surface area (Å²) in [4.78, 5) is 4.38. The molecule has 0 spiro atoms. The first-order valence-electron chi connectivity index (χ1n) is 6.90.